The molecule has 0 bridgehead atoms. The van der Waals surface area contributed by atoms with Gasteiger partial charge in [0.2, 0.25) is 5.88 Å². The zero-order chi connectivity index (χ0) is 15.6. The van der Waals surface area contributed by atoms with Crippen molar-refractivity contribution in [3.63, 3.8) is 0 Å². The van der Waals surface area contributed by atoms with Crippen LogP contribution in [0.4, 0.5) is 0 Å². The van der Waals surface area contributed by atoms with Gasteiger partial charge in [0.05, 0.1) is 0 Å². The molecule has 0 saturated carbocycles. The molecule has 21 heavy (non-hydrogen) atoms. The van der Waals surface area contributed by atoms with E-state index in [2.05, 4.69) is 34.8 Å². The highest BCUT2D eigenvalue weighted by molar-refractivity contribution is 9.10. The standard InChI is InChI=1S/C17H21BrN2O/c1-10(2)15-7-13(9-19)8-16(20-15)21-14-5-11(3)17(18)12(4)6-14/h5-8,10H,9,19H2,1-4H3. The number of aromatic nitrogens is 1. The Labute approximate surface area is 134 Å². The Morgan fingerprint density at radius 2 is 1.76 bits per heavy atom. The maximum Gasteiger partial charge on any atom is 0.219 e. The number of nitrogens with two attached hydrogens (primary N) is 1. The summed E-state index contributed by atoms with van der Waals surface area (Å²) in [5, 5.41) is 0. The second-order valence-corrected chi connectivity index (χ2v) is 6.36. The summed E-state index contributed by atoms with van der Waals surface area (Å²) >= 11 is 3.56. The van der Waals surface area contributed by atoms with Crippen molar-refractivity contribution in [2.75, 3.05) is 0 Å². The van der Waals surface area contributed by atoms with E-state index in [1.54, 1.807) is 0 Å². The van der Waals surface area contributed by atoms with Gasteiger partial charge < -0.3 is 10.5 Å². The van der Waals surface area contributed by atoms with Crippen LogP contribution in [-0.4, -0.2) is 4.98 Å². The zero-order valence-electron chi connectivity index (χ0n) is 12.9. The maximum atomic E-state index is 5.94. The number of aryl methyl sites for hydroxylation is 2. The van der Waals surface area contributed by atoms with Crippen LogP contribution in [0, 0.1) is 13.8 Å². The average Bonchev–Trinajstić information content (AvgIpc) is 2.44. The molecule has 0 aliphatic carbocycles. The fourth-order valence-electron chi connectivity index (χ4n) is 2.13. The first-order valence-electron chi connectivity index (χ1n) is 7.06. The van der Waals surface area contributed by atoms with Gasteiger partial charge in [0, 0.05) is 22.8 Å². The van der Waals surface area contributed by atoms with Gasteiger partial charge in [-0.15, -0.1) is 0 Å². The number of ether oxygens (including phenoxy) is 1. The summed E-state index contributed by atoms with van der Waals surface area (Å²) in [6.45, 7) is 8.80. The van der Waals surface area contributed by atoms with Gasteiger partial charge in [0.25, 0.3) is 0 Å². The quantitative estimate of drug-likeness (QED) is 0.860. The van der Waals surface area contributed by atoms with Crippen molar-refractivity contribution in [1.82, 2.24) is 4.98 Å². The van der Waals surface area contributed by atoms with E-state index in [1.165, 1.54) is 0 Å². The van der Waals surface area contributed by atoms with E-state index in [-0.39, 0.29) is 0 Å². The van der Waals surface area contributed by atoms with Crippen molar-refractivity contribution < 1.29 is 4.74 Å². The van der Waals surface area contributed by atoms with Crippen LogP contribution in [0.25, 0.3) is 0 Å². The molecule has 0 spiro atoms. The largest absolute Gasteiger partial charge is 0.439 e. The molecule has 0 amide bonds. The Morgan fingerprint density at radius 1 is 1.14 bits per heavy atom. The molecule has 0 fully saturated rings. The molecular weight excluding hydrogens is 328 g/mol. The molecule has 2 rings (SSSR count). The molecule has 2 N–H and O–H groups in total. The van der Waals surface area contributed by atoms with Crippen LogP contribution in [0.1, 0.15) is 42.1 Å². The highest BCUT2D eigenvalue weighted by atomic mass is 79.9. The molecule has 0 saturated heterocycles. The molecule has 1 aromatic carbocycles. The first-order valence-corrected chi connectivity index (χ1v) is 7.85. The van der Waals surface area contributed by atoms with Gasteiger partial charge in [-0.25, -0.2) is 4.98 Å². The van der Waals surface area contributed by atoms with E-state index in [0.717, 1.165) is 32.6 Å². The minimum atomic E-state index is 0.340. The average molecular weight is 349 g/mol. The van der Waals surface area contributed by atoms with E-state index in [0.29, 0.717) is 18.3 Å². The Balaban J connectivity index is 2.37. The minimum absolute atomic E-state index is 0.340. The van der Waals surface area contributed by atoms with Crippen molar-refractivity contribution in [2.24, 2.45) is 5.73 Å². The smallest absolute Gasteiger partial charge is 0.219 e. The van der Waals surface area contributed by atoms with Gasteiger partial charge in [-0.1, -0.05) is 29.8 Å². The van der Waals surface area contributed by atoms with Crippen LogP contribution < -0.4 is 10.5 Å². The highest BCUT2D eigenvalue weighted by Gasteiger charge is 2.09. The van der Waals surface area contributed by atoms with Gasteiger partial charge in [0.15, 0.2) is 0 Å². The van der Waals surface area contributed by atoms with Crippen LogP contribution in [0.2, 0.25) is 0 Å². The van der Waals surface area contributed by atoms with Crippen LogP contribution >= 0.6 is 15.9 Å². The summed E-state index contributed by atoms with van der Waals surface area (Å²) in [4.78, 5) is 4.57. The number of halogens is 1. The SMILES string of the molecule is Cc1cc(Oc2cc(CN)cc(C(C)C)n2)cc(C)c1Br. The molecule has 3 nitrogen and oxygen atoms in total. The highest BCUT2D eigenvalue weighted by Crippen LogP contribution is 2.29. The van der Waals surface area contributed by atoms with E-state index in [4.69, 9.17) is 10.5 Å². The maximum absolute atomic E-state index is 5.94. The number of rotatable bonds is 4. The number of hydrogen-bond donors (Lipinski definition) is 1. The van der Waals surface area contributed by atoms with Crippen LogP contribution in [0.15, 0.2) is 28.7 Å². The summed E-state index contributed by atoms with van der Waals surface area (Å²) in [7, 11) is 0. The summed E-state index contributed by atoms with van der Waals surface area (Å²) in [5.74, 6) is 1.74. The van der Waals surface area contributed by atoms with Crippen LogP contribution in [-0.2, 0) is 6.54 Å². The van der Waals surface area contributed by atoms with Crippen molar-refractivity contribution in [2.45, 2.75) is 40.2 Å². The third-order valence-corrected chi connectivity index (χ3v) is 4.59. The van der Waals surface area contributed by atoms with Gasteiger partial charge >= 0.3 is 0 Å². The Hall–Kier alpha value is -1.39. The van der Waals surface area contributed by atoms with Gasteiger partial charge in [0.1, 0.15) is 5.75 Å². The van der Waals surface area contributed by atoms with E-state index in [9.17, 15) is 0 Å². The van der Waals surface area contributed by atoms with Crippen LogP contribution in [0.5, 0.6) is 11.6 Å². The molecule has 1 aromatic heterocycles. The van der Waals surface area contributed by atoms with Crippen molar-refractivity contribution in [3.8, 4) is 11.6 Å². The fourth-order valence-corrected chi connectivity index (χ4v) is 2.36. The molecule has 0 aliphatic heterocycles. The van der Waals surface area contributed by atoms with E-state index < -0.39 is 0 Å². The molecule has 0 radical (unpaired) electrons. The predicted octanol–water partition coefficient (Wildman–Crippen LogP) is 4.84. The van der Waals surface area contributed by atoms with Crippen molar-refractivity contribution >= 4 is 15.9 Å². The molecule has 112 valence electrons. The molecule has 0 aliphatic rings. The van der Waals surface area contributed by atoms with Gasteiger partial charge in [-0.3, -0.25) is 0 Å². The van der Waals surface area contributed by atoms with Crippen LogP contribution in [0.3, 0.4) is 0 Å². The Bertz CT molecular complexity index is 630. The third-order valence-electron chi connectivity index (χ3n) is 3.34. The van der Waals surface area contributed by atoms with E-state index in [1.807, 2.05) is 38.1 Å². The lowest BCUT2D eigenvalue weighted by Gasteiger charge is -2.13. The first kappa shape index (κ1) is 16.0. The molecule has 0 atom stereocenters. The monoisotopic (exact) mass is 348 g/mol. The minimum Gasteiger partial charge on any atom is -0.439 e. The fraction of sp³-hybridized carbons (Fsp3) is 0.353. The van der Waals surface area contributed by atoms with Crippen molar-refractivity contribution in [1.29, 1.82) is 0 Å². The molecular formula is C17H21BrN2O. The van der Waals surface area contributed by atoms with Gasteiger partial charge in [-0.2, -0.15) is 0 Å². The number of benzene rings is 1. The Kier molecular flexibility index (Phi) is 5.01. The van der Waals surface area contributed by atoms with E-state index >= 15 is 0 Å². The zero-order valence-corrected chi connectivity index (χ0v) is 14.5. The summed E-state index contributed by atoms with van der Waals surface area (Å²) < 4.78 is 7.05. The Morgan fingerprint density at radius 3 is 2.29 bits per heavy atom. The lowest BCUT2D eigenvalue weighted by atomic mass is 10.1. The number of hydrogen-bond acceptors (Lipinski definition) is 3. The second-order valence-electron chi connectivity index (χ2n) is 5.57. The number of nitrogens with zero attached hydrogens (tertiary/aromatic N) is 1. The van der Waals surface area contributed by atoms with Crippen molar-refractivity contribution in [3.05, 3.63) is 51.1 Å². The molecule has 4 heteroatoms. The predicted molar refractivity (Wildman–Crippen MR) is 89.9 cm³/mol. The lowest BCUT2D eigenvalue weighted by molar-refractivity contribution is 0.457. The number of pyridine rings is 1. The molecule has 1 heterocycles. The topological polar surface area (TPSA) is 48.1 Å². The van der Waals surface area contributed by atoms with Gasteiger partial charge in [-0.05, 0) is 54.7 Å². The molecule has 0 unspecified atom stereocenters. The normalized spacial score (nSPS) is 11.0. The first-order chi connectivity index (χ1) is 9.90. The summed E-state index contributed by atoms with van der Waals surface area (Å²) in [6.07, 6.45) is 0. The summed E-state index contributed by atoms with van der Waals surface area (Å²) in [6, 6.07) is 7.94. The summed E-state index contributed by atoms with van der Waals surface area (Å²) in [5.41, 5.74) is 10.1. The molecule has 2 aromatic rings. The lowest BCUT2D eigenvalue weighted by Crippen LogP contribution is -2.02. The third kappa shape index (κ3) is 3.83. The second kappa shape index (κ2) is 6.58.